The molecule has 1 aromatic heterocycles. The molecule has 1 aliphatic heterocycles. The number of rotatable bonds is 0. The minimum atomic E-state index is 0. The van der Waals surface area contributed by atoms with E-state index in [4.69, 9.17) is 10.5 Å². The summed E-state index contributed by atoms with van der Waals surface area (Å²) < 4.78 is 7.30. The Labute approximate surface area is 83.5 Å². The number of nitrogen functional groups attached to an aromatic ring is 1. The Balaban J connectivity index is 0.000000845. The van der Waals surface area contributed by atoms with Crippen LogP contribution in [0.5, 0.6) is 5.88 Å². The molecular weight excluding hydrogens is 190 g/mol. The van der Waals surface area contributed by atoms with Crippen molar-refractivity contribution in [3.8, 4) is 5.88 Å². The molecule has 0 radical (unpaired) electrons. The Morgan fingerprint density at radius 3 is 3.00 bits per heavy atom. The Bertz CT molecular complexity index is 308. The molecule has 0 saturated heterocycles. The largest absolute Gasteiger partial charge is 0.476 e. The molecule has 0 unspecified atom stereocenters. The van der Waals surface area contributed by atoms with Crippen LogP contribution in [-0.4, -0.2) is 16.4 Å². The van der Waals surface area contributed by atoms with Crippen molar-refractivity contribution in [1.82, 2.24) is 9.78 Å². The molecule has 0 atom stereocenters. The highest BCUT2D eigenvalue weighted by molar-refractivity contribution is 5.85. The third kappa shape index (κ3) is 1.72. The van der Waals surface area contributed by atoms with Crippen molar-refractivity contribution in [3.63, 3.8) is 0 Å². The average Bonchev–Trinajstić information content (AvgIpc) is 2.30. The van der Waals surface area contributed by atoms with Crippen molar-refractivity contribution in [2.45, 2.75) is 20.4 Å². The van der Waals surface area contributed by atoms with Crippen LogP contribution >= 0.6 is 12.4 Å². The minimum absolute atomic E-state index is 0. The van der Waals surface area contributed by atoms with Gasteiger partial charge in [0.2, 0.25) is 5.88 Å². The lowest BCUT2D eigenvalue weighted by Crippen LogP contribution is -2.33. The number of nitrogens with two attached hydrogens (primary N) is 1. The first kappa shape index (κ1) is 10.2. The van der Waals surface area contributed by atoms with Gasteiger partial charge in [0.1, 0.15) is 5.69 Å². The average molecular weight is 204 g/mol. The standard InChI is InChI=1S/C8H13N3O.ClH/c1-8(2)4-11-7(12-5-8)6(9)3-10-11;/h3H,4-5,9H2,1-2H3;1H. The summed E-state index contributed by atoms with van der Waals surface area (Å²) in [4.78, 5) is 0. The van der Waals surface area contributed by atoms with Crippen molar-refractivity contribution in [2.75, 3.05) is 12.3 Å². The summed E-state index contributed by atoms with van der Waals surface area (Å²) in [6.07, 6.45) is 1.64. The molecule has 4 nitrogen and oxygen atoms in total. The van der Waals surface area contributed by atoms with Crippen LogP contribution in [0, 0.1) is 5.41 Å². The fourth-order valence-electron chi connectivity index (χ4n) is 1.37. The number of aromatic nitrogens is 2. The predicted octanol–water partition coefficient (Wildman–Crippen LogP) is 1.31. The van der Waals surface area contributed by atoms with E-state index in [1.54, 1.807) is 6.20 Å². The van der Waals surface area contributed by atoms with Crippen LogP contribution < -0.4 is 10.5 Å². The van der Waals surface area contributed by atoms with Gasteiger partial charge in [-0.15, -0.1) is 12.4 Å². The van der Waals surface area contributed by atoms with Crippen LogP contribution in [0.15, 0.2) is 6.20 Å². The summed E-state index contributed by atoms with van der Waals surface area (Å²) in [6, 6.07) is 0. The van der Waals surface area contributed by atoms with Crippen LogP contribution in [0.25, 0.3) is 0 Å². The maximum absolute atomic E-state index is 5.64. The van der Waals surface area contributed by atoms with Gasteiger partial charge in [0, 0.05) is 5.41 Å². The number of halogens is 1. The van der Waals surface area contributed by atoms with E-state index in [-0.39, 0.29) is 17.8 Å². The van der Waals surface area contributed by atoms with Gasteiger partial charge in [0.15, 0.2) is 0 Å². The molecule has 2 N–H and O–H groups in total. The van der Waals surface area contributed by atoms with Gasteiger partial charge < -0.3 is 10.5 Å². The van der Waals surface area contributed by atoms with Gasteiger partial charge in [0.25, 0.3) is 0 Å². The third-order valence-corrected chi connectivity index (χ3v) is 2.00. The maximum Gasteiger partial charge on any atom is 0.235 e. The van der Waals surface area contributed by atoms with Gasteiger partial charge in [0.05, 0.1) is 19.3 Å². The van der Waals surface area contributed by atoms with Gasteiger partial charge >= 0.3 is 0 Å². The number of nitrogens with zero attached hydrogens (tertiary/aromatic N) is 2. The van der Waals surface area contributed by atoms with Crippen LogP contribution in [0.4, 0.5) is 5.69 Å². The van der Waals surface area contributed by atoms with Crippen LogP contribution in [0.1, 0.15) is 13.8 Å². The van der Waals surface area contributed by atoms with Crippen molar-refractivity contribution in [1.29, 1.82) is 0 Å². The Hall–Kier alpha value is -0.900. The van der Waals surface area contributed by atoms with Crippen LogP contribution in [0.3, 0.4) is 0 Å². The molecule has 0 saturated carbocycles. The molecule has 0 spiro atoms. The van der Waals surface area contributed by atoms with Crippen LogP contribution in [-0.2, 0) is 6.54 Å². The van der Waals surface area contributed by atoms with Gasteiger partial charge in [-0.3, -0.25) is 0 Å². The Morgan fingerprint density at radius 1 is 1.62 bits per heavy atom. The maximum atomic E-state index is 5.64. The second kappa shape index (κ2) is 3.10. The number of anilines is 1. The van der Waals surface area contributed by atoms with E-state index < -0.39 is 0 Å². The summed E-state index contributed by atoms with van der Waals surface area (Å²) >= 11 is 0. The van der Waals surface area contributed by atoms with Crippen LogP contribution in [0.2, 0.25) is 0 Å². The molecular formula is C8H14ClN3O. The highest BCUT2D eigenvalue weighted by atomic mass is 35.5. The van der Waals surface area contributed by atoms with Crippen molar-refractivity contribution in [3.05, 3.63) is 6.20 Å². The lowest BCUT2D eigenvalue weighted by atomic mass is 9.94. The molecule has 1 aliphatic rings. The number of fused-ring (bicyclic) bond motifs is 1. The molecule has 0 fully saturated rings. The van der Waals surface area contributed by atoms with E-state index in [0.717, 1.165) is 6.54 Å². The fourth-order valence-corrected chi connectivity index (χ4v) is 1.37. The molecule has 0 aliphatic carbocycles. The predicted molar refractivity (Wildman–Crippen MR) is 53.2 cm³/mol. The highest BCUT2D eigenvalue weighted by Gasteiger charge is 2.28. The molecule has 1 aromatic rings. The molecule has 0 aromatic carbocycles. The van der Waals surface area contributed by atoms with Gasteiger partial charge in [-0.05, 0) is 0 Å². The lowest BCUT2D eigenvalue weighted by Gasteiger charge is -2.30. The molecule has 13 heavy (non-hydrogen) atoms. The summed E-state index contributed by atoms with van der Waals surface area (Å²) in [6.45, 7) is 5.88. The van der Waals surface area contributed by atoms with Crippen molar-refractivity contribution >= 4 is 18.1 Å². The Kier molecular flexibility index (Phi) is 2.43. The molecule has 74 valence electrons. The van der Waals surface area contributed by atoms with E-state index in [1.165, 1.54) is 0 Å². The van der Waals surface area contributed by atoms with Crippen molar-refractivity contribution < 1.29 is 4.74 Å². The number of hydrogen-bond donors (Lipinski definition) is 1. The number of hydrogen-bond acceptors (Lipinski definition) is 3. The zero-order valence-electron chi connectivity index (χ0n) is 7.78. The first-order valence-electron chi connectivity index (χ1n) is 4.03. The highest BCUT2D eigenvalue weighted by Crippen LogP contribution is 2.31. The fraction of sp³-hybridized carbons (Fsp3) is 0.625. The number of ether oxygens (including phenoxy) is 1. The van der Waals surface area contributed by atoms with E-state index in [1.807, 2.05) is 4.68 Å². The summed E-state index contributed by atoms with van der Waals surface area (Å²) in [7, 11) is 0. The summed E-state index contributed by atoms with van der Waals surface area (Å²) in [5, 5.41) is 4.12. The SMILES string of the molecule is CC1(C)COc2c(N)cnn2C1.Cl. The third-order valence-electron chi connectivity index (χ3n) is 2.00. The molecule has 0 bridgehead atoms. The van der Waals surface area contributed by atoms with E-state index in [0.29, 0.717) is 18.2 Å². The van der Waals surface area contributed by atoms with E-state index in [2.05, 4.69) is 18.9 Å². The summed E-state index contributed by atoms with van der Waals surface area (Å²) in [5.74, 6) is 0.717. The zero-order chi connectivity index (χ0) is 8.77. The summed E-state index contributed by atoms with van der Waals surface area (Å²) in [5.41, 5.74) is 6.43. The molecule has 2 rings (SSSR count). The quantitative estimate of drug-likeness (QED) is 0.692. The first-order chi connectivity index (χ1) is 5.58. The smallest absolute Gasteiger partial charge is 0.235 e. The first-order valence-corrected chi connectivity index (χ1v) is 4.03. The zero-order valence-corrected chi connectivity index (χ0v) is 8.60. The monoisotopic (exact) mass is 203 g/mol. The van der Waals surface area contributed by atoms with E-state index in [9.17, 15) is 0 Å². The lowest BCUT2D eigenvalue weighted by molar-refractivity contribution is 0.101. The Morgan fingerprint density at radius 2 is 2.31 bits per heavy atom. The molecule has 0 amide bonds. The van der Waals surface area contributed by atoms with Gasteiger partial charge in [-0.1, -0.05) is 13.8 Å². The second-order valence-corrected chi connectivity index (χ2v) is 4.02. The normalized spacial score (nSPS) is 18.3. The van der Waals surface area contributed by atoms with Crippen molar-refractivity contribution in [2.24, 2.45) is 5.41 Å². The minimum Gasteiger partial charge on any atom is -0.476 e. The van der Waals surface area contributed by atoms with Gasteiger partial charge in [-0.2, -0.15) is 5.10 Å². The topological polar surface area (TPSA) is 53.1 Å². The van der Waals surface area contributed by atoms with Gasteiger partial charge in [-0.25, -0.2) is 4.68 Å². The van der Waals surface area contributed by atoms with E-state index >= 15 is 0 Å². The molecule has 2 heterocycles. The second-order valence-electron chi connectivity index (χ2n) is 4.02. The molecule has 5 heteroatoms.